The lowest BCUT2D eigenvalue weighted by Gasteiger charge is -2.17. The summed E-state index contributed by atoms with van der Waals surface area (Å²) in [5, 5.41) is 0. The van der Waals surface area contributed by atoms with Crippen LogP contribution in [0.25, 0.3) is 0 Å². The first-order valence-electron chi connectivity index (χ1n) is 5.20. The van der Waals surface area contributed by atoms with Gasteiger partial charge in [-0.25, -0.2) is 4.39 Å². The van der Waals surface area contributed by atoms with Crippen LogP contribution in [0.15, 0.2) is 18.2 Å². The zero-order valence-corrected chi connectivity index (χ0v) is 10.7. The third-order valence-corrected chi connectivity index (χ3v) is 2.47. The van der Waals surface area contributed by atoms with Crippen LogP contribution in [0.4, 0.5) is 30.7 Å². The molecular formula is C11H11ClF7N. The Morgan fingerprint density at radius 1 is 1.05 bits per heavy atom. The fourth-order valence-corrected chi connectivity index (χ4v) is 1.53. The van der Waals surface area contributed by atoms with Gasteiger partial charge in [-0.2, -0.15) is 26.3 Å². The molecule has 0 radical (unpaired) electrons. The molecule has 0 heterocycles. The summed E-state index contributed by atoms with van der Waals surface area (Å²) >= 11 is 0. The summed E-state index contributed by atoms with van der Waals surface area (Å²) in [5.74, 6) is -1.62. The van der Waals surface area contributed by atoms with E-state index in [1.807, 2.05) is 0 Å². The van der Waals surface area contributed by atoms with Crippen molar-refractivity contribution < 1.29 is 30.7 Å². The third kappa shape index (κ3) is 5.16. The second-order valence-electron chi connectivity index (χ2n) is 3.97. The van der Waals surface area contributed by atoms with E-state index in [-0.39, 0.29) is 12.4 Å². The van der Waals surface area contributed by atoms with E-state index in [0.29, 0.717) is 6.07 Å². The molecule has 0 aliphatic heterocycles. The number of hydrogen-bond donors (Lipinski definition) is 1. The highest BCUT2D eigenvalue weighted by atomic mass is 35.5. The monoisotopic (exact) mass is 325 g/mol. The molecule has 0 bridgehead atoms. The van der Waals surface area contributed by atoms with Gasteiger partial charge in [-0.1, -0.05) is 12.1 Å². The molecule has 0 aliphatic rings. The maximum absolute atomic E-state index is 13.6. The van der Waals surface area contributed by atoms with E-state index in [1.54, 1.807) is 0 Å². The van der Waals surface area contributed by atoms with Gasteiger partial charge in [0.05, 0.1) is 5.56 Å². The standard InChI is InChI=1S/C11H10F7N.ClH/c12-9-6(8(19)4-5-10(13,14)15)2-1-3-7(9)11(16,17)18;/h1-3,8H,4-5,19H2;1H/t8-;/m0./s1. The topological polar surface area (TPSA) is 26.0 Å². The Balaban J connectivity index is 0.00000361. The molecule has 1 nitrogen and oxygen atoms in total. The number of nitrogens with two attached hydrogens (primary N) is 1. The first-order valence-corrected chi connectivity index (χ1v) is 5.20. The molecule has 1 atom stereocenters. The van der Waals surface area contributed by atoms with E-state index >= 15 is 0 Å². The fraction of sp³-hybridized carbons (Fsp3) is 0.455. The summed E-state index contributed by atoms with van der Waals surface area (Å²) in [6.07, 6.45) is -11.4. The molecule has 0 fully saturated rings. The Hall–Kier alpha value is -1.02. The average molecular weight is 326 g/mol. The van der Waals surface area contributed by atoms with E-state index in [2.05, 4.69) is 0 Å². The zero-order valence-electron chi connectivity index (χ0n) is 9.85. The summed E-state index contributed by atoms with van der Waals surface area (Å²) in [6.45, 7) is 0. The van der Waals surface area contributed by atoms with E-state index < -0.39 is 48.2 Å². The number of rotatable bonds is 3. The molecule has 9 heteroatoms. The van der Waals surface area contributed by atoms with Crippen LogP contribution in [-0.2, 0) is 6.18 Å². The average Bonchev–Trinajstić information content (AvgIpc) is 2.23. The molecule has 20 heavy (non-hydrogen) atoms. The number of hydrogen-bond acceptors (Lipinski definition) is 1. The SMILES string of the molecule is Cl.N[C@@H](CCC(F)(F)F)c1cccc(C(F)(F)F)c1F. The maximum Gasteiger partial charge on any atom is 0.419 e. The van der Waals surface area contributed by atoms with Crippen LogP contribution >= 0.6 is 12.4 Å². The second kappa shape index (κ2) is 6.62. The summed E-state index contributed by atoms with van der Waals surface area (Å²) in [7, 11) is 0. The van der Waals surface area contributed by atoms with Gasteiger partial charge in [-0.05, 0) is 12.5 Å². The molecule has 1 aromatic rings. The largest absolute Gasteiger partial charge is 0.419 e. The molecule has 116 valence electrons. The molecule has 1 aromatic carbocycles. The minimum atomic E-state index is -4.91. The molecule has 0 saturated heterocycles. The van der Waals surface area contributed by atoms with Gasteiger partial charge in [0.15, 0.2) is 0 Å². The van der Waals surface area contributed by atoms with Crippen LogP contribution < -0.4 is 5.73 Å². The Morgan fingerprint density at radius 2 is 1.60 bits per heavy atom. The van der Waals surface area contributed by atoms with Crippen molar-refractivity contribution in [3.63, 3.8) is 0 Å². The number of benzene rings is 1. The third-order valence-electron chi connectivity index (χ3n) is 2.47. The minimum absolute atomic E-state index is 0. The van der Waals surface area contributed by atoms with Crippen molar-refractivity contribution in [3.8, 4) is 0 Å². The van der Waals surface area contributed by atoms with Crippen LogP contribution in [0.2, 0.25) is 0 Å². The fourth-order valence-electron chi connectivity index (χ4n) is 1.53. The lowest BCUT2D eigenvalue weighted by molar-refractivity contribution is -0.140. The first-order chi connectivity index (χ1) is 8.52. The molecule has 0 saturated carbocycles. The molecule has 1 rings (SSSR count). The summed E-state index contributed by atoms with van der Waals surface area (Å²) < 4.78 is 86.7. The predicted octanol–water partition coefficient (Wildman–Crippen LogP) is 4.61. The van der Waals surface area contributed by atoms with Crippen LogP contribution in [0.5, 0.6) is 0 Å². The van der Waals surface area contributed by atoms with Crippen molar-refractivity contribution in [2.24, 2.45) is 5.73 Å². The second-order valence-corrected chi connectivity index (χ2v) is 3.97. The van der Waals surface area contributed by atoms with E-state index in [9.17, 15) is 30.7 Å². The van der Waals surface area contributed by atoms with E-state index in [4.69, 9.17) is 5.73 Å². The summed E-state index contributed by atoms with van der Waals surface area (Å²) in [4.78, 5) is 0. The Bertz CT molecular complexity index is 441. The number of halogens is 8. The lowest BCUT2D eigenvalue weighted by atomic mass is 9.99. The molecule has 0 aromatic heterocycles. The van der Waals surface area contributed by atoms with Gasteiger partial charge in [-0.3, -0.25) is 0 Å². The van der Waals surface area contributed by atoms with E-state index in [1.165, 1.54) is 0 Å². The molecule has 0 amide bonds. The van der Waals surface area contributed by atoms with Gasteiger partial charge in [0.2, 0.25) is 0 Å². The van der Waals surface area contributed by atoms with Gasteiger partial charge in [0.25, 0.3) is 0 Å². The summed E-state index contributed by atoms with van der Waals surface area (Å²) in [6, 6.07) is 0.930. The van der Waals surface area contributed by atoms with Crippen molar-refractivity contribution in [1.29, 1.82) is 0 Å². The number of alkyl halides is 6. The summed E-state index contributed by atoms with van der Waals surface area (Å²) in [5.41, 5.74) is 3.20. The van der Waals surface area contributed by atoms with Crippen molar-refractivity contribution in [2.45, 2.75) is 31.2 Å². The Labute approximate surface area is 116 Å². The van der Waals surface area contributed by atoms with Crippen molar-refractivity contribution in [1.82, 2.24) is 0 Å². The molecule has 0 unspecified atom stereocenters. The van der Waals surface area contributed by atoms with Crippen molar-refractivity contribution >= 4 is 12.4 Å². The Kier molecular flexibility index (Phi) is 6.28. The Morgan fingerprint density at radius 3 is 2.05 bits per heavy atom. The van der Waals surface area contributed by atoms with Gasteiger partial charge < -0.3 is 5.73 Å². The maximum atomic E-state index is 13.6. The molecule has 0 spiro atoms. The molecular weight excluding hydrogens is 315 g/mol. The van der Waals surface area contributed by atoms with Gasteiger partial charge in [0, 0.05) is 18.0 Å². The quantitative estimate of drug-likeness (QED) is 0.807. The van der Waals surface area contributed by atoms with Gasteiger partial charge in [0.1, 0.15) is 5.82 Å². The molecule has 2 N–H and O–H groups in total. The van der Waals surface area contributed by atoms with Crippen LogP contribution in [-0.4, -0.2) is 6.18 Å². The zero-order chi connectivity index (χ0) is 14.8. The smallest absolute Gasteiger partial charge is 0.324 e. The van der Waals surface area contributed by atoms with E-state index in [0.717, 1.165) is 12.1 Å². The van der Waals surface area contributed by atoms with Crippen LogP contribution in [0, 0.1) is 5.82 Å². The van der Waals surface area contributed by atoms with Crippen LogP contribution in [0.1, 0.15) is 30.0 Å². The highest BCUT2D eigenvalue weighted by molar-refractivity contribution is 5.85. The highest BCUT2D eigenvalue weighted by Gasteiger charge is 2.36. The first kappa shape index (κ1) is 19.0. The van der Waals surface area contributed by atoms with Crippen molar-refractivity contribution in [2.75, 3.05) is 0 Å². The minimum Gasteiger partial charge on any atom is -0.324 e. The molecule has 0 aliphatic carbocycles. The van der Waals surface area contributed by atoms with Gasteiger partial charge >= 0.3 is 12.4 Å². The lowest BCUT2D eigenvalue weighted by Crippen LogP contribution is -2.19. The highest BCUT2D eigenvalue weighted by Crippen LogP contribution is 2.35. The normalized spacial score (nSPS) is 13.8. The van der Waals surface area contributed by atoms with Crippen LogP contribution in [0.3, 0.4) is 0 Å². The predicted molar refractivity (Wildman–Crippen MR) is 60.9 cm³/mol. The van der Waals surface area contributed by atoms with Gasteiger partial charge in [-0.15, -0.1) is 12.4 Å². The van der Waals surface area contributed by atoms with Crippen molar-refractivity contribution in [3.05, 3.63) is 35.1 Å².